The smallest absolute Gasteiger partial charge is 0.320 e. The van der Waals surface area contributed by atoms with Crippen LogP contribution in [0.15, 0.2) is 47.4 Å². The van der Waals surface area contributed by atoms with Crippen molar-refractivity contribution in [3.05, 3.63) is 48.7 Å². The highest BCUT2D eigenvalue weighted by Crippen LogP contribution is 2.28. The van der Waals surface area contributed by atoms with Gasteiger partial charge in [0.05, 0.1) is 6.20 Å². The first-order chi connectivity index (χ1) is 13.1. The topological polar surface area (TPSA) is 110 Å². The van der Waals surface area contributed by atoms with Crippen LogP contribution in [0.5, 0.6) is 0 Å². The number of aryl methyl sites for hydroxylation is 1. The van der Waals surface area contributed by atoms with Crippen molar-refractivity contribution < 1.29 is 9.32 Å². The molecular formula is C18H17N7O2. The van der Waals surface area contributed by atoms with Crippen molar-refractivity contribution in [3.63, 3.8) is 0 Å². The summed E-state index contributed by atoms with van der Waals surface area (Å²) in [6, 6.07) is 7.34. The summed E-state index contributed by atoms with van der Waals surface area (Å²) in [6.07, 6.45) is 5.20. The normalized spacial score (nSPS) is 10.9. The van der Waals surface area contributed by atoms with Crippen LogP contribution >= 0.6 is 0 Å². The van der Waals surface area contributed by atoms with Gasteiger partial charge in [-0.1, -0.05) is 11.2 Å². The van der Waals surface area contributed by atoms with Gasteiger partial charge in [-0.3, -0.25) is 14.7 Å². The van der Waals surface area contributed by atoms with Gasteiger partial charge in [-0.15, -0.1) is 0 Å². The molecule has 4 heterocycles. The largest absolute Gasteiger partial charge is 0.338 e. The van der Waals surface area contributed by atoms with Crippen LogP contribution in [-0.4, -0.2) is 37.1 Å². The minimum atomic E-state index is -0.316. The Hall–Kier alpha value is -3.75. The molecule has 136 valence electrons. The Labute approximate surface area is 154 Å². The van der Waals surface area contributed by atoms with Crippen molar-refractivity contribution in [1.29, 1.82) is 0 Å². The number of pyridine rings is 2. The van der Waals surface area contributed by atoms with Gasteiger partial charge < -0.3 is 9.84 Å². The lowest BCUT2D eigenvalue weighted by atomic mass is 10.1. The second-order valence-electron chi connectivity index (χ2n) is 5.86. The van der Waals surface area contributed by atoms with E-state index in [1.807, 2.05) is 31.2 Å². The molecule has 4 rings (SSSR count). The third kappa shape index (κ3) is 3.34. The molecule has 2 amide bonds. The number of hydrogen-bond donors (Lipinski definition) is 2. The third-order valence-corrected chi connectivity index (χ3v) is 3.89. The summed E-state index contributed by atoms with van der Waals surface area (Å²) >= 11 is 0. The molecule has 9 nitrogen and oxygen atoms in total. The van der Waals surface area contributed by atoms with Gasteiger partial charge in [-0.2, -0.15) is 4.98 Å². The molecule has 0 bridgehead atoms. The molecule has 0 saturated heterocycles. The SMILES string of the molecule is CCNC(=O)Nc1cn2c(-c3nc(C)no3)cc(-c3cccnc3)cc2n1. The van der Waals surface area contributed by atoms with E-state index in [-0.39, 0.29) is 6.03 Å². The van der Waals surface area contributed by atoms with Gasteiger partial charge in [0.2, 0.25) is 0 Å². The molecular weight excluding hydrogens is 346 g/mol. The number of hydrogen-bond acceptors (Lipinski definition) is 6. The molecule has 0 aliphatic rings. The Morgan fingerprint density at radius 3 is 2.85 bits per heavy atom. The van der Waals surface area contributed by atoms with Gasteiger partial charge in [-0.05, 0) is 37.6 Å². The van der Waals surface area contributed by atoms with Crippen molar-refractivity contribution in [2.75, 3.05) is 11.9 Å². The molecule has 0 fully saturated rings. The van der Waals surface area contributed by atoms with Crippen LogP contribution in [0.3, 0.4) is 0 Å². The van der Waals surface area contributed by atoms with Crippen molar-refractivity contribution in [2.45, 2.75) is 13.8 Å². The number of carbonyl (C=O) groups is 1. The molecule has 0 radical (unpaired) electrons. The van der Waals surface area contributed by atoms with E-state index in [2.05, 4.69) is 30.7 Å². The van der Waals surface area contributed by atoms with Gasteiger partial charge in [-0.25, -0.2) is 9.78 Å². The number of urea groups is 1. The average molecular weight is 363 g/mol. The second-order valence-corrected chi connectivity index (χ2v) is 5.86. The lowest BCUT2D eigenvalue weighted by molar-refractivity contribution is 0.252. The number of nitrogens with one attached hydrogen (secondary N) is 2. The van der Waals surface area contributed by atoms with Crippen LogP contribution in [0.1, 0.15) is 12.7 Å². The monoisotopic (exact) mass is 363 g/mol. The molecule has 0 aromatic carbocycles. The predicted molar refractivity (Wildman–Crippen MR) is 99.1 cm³/mol. The molecule has 4 aromatic rings. The number of carbonyl (C=O) groups excluding carboxylic acids is 1. The van der Waals surface area contributed by atoms with E-state index < -0.39 is 0 Å². The van der Waals surface area contributed by atoms with Gasteiger partial charge in [0.15, 0.2) is 11.6 Å². The zero-order valence-corrected chi connectivity index (χ0v) is 14.8. The highest BCUT2D eigenvalue weighted by atomic mass is 16.5. The summed E-state index contributed by atoms with van der Waals surface area (Å²) in [6.45, 7) is 4.13. The highest BCUT2D eigenvalue weighted by molar-refractivity contribution is 5.88. The summed E-state index contributed by atoms with van der Waals surface area (Å²) in [4.78, 5) is 24.8. The predicted octanol–water partition coefficient (Wildman–Crippen LogP) is 2.90. The van der Waals surface area contributed by atoms with Crippen LogP contribution in [0.4, 0.5) is 10.6 Å². The minimum Gasteiger partial charge on any atom is -0.338 e. The molecule has 0 unspecified atom stereocenters. The third-order valence-electron chi connectivity index (χ3n) is 3.89. The molecule has 0 saturated carbocycles. The van der Waals surface area contributed by atoms with Crippen LogP contribution in [0.2, 0.25) is 0 Å². The molecule has 9 heteroatoms. The fraction of sp³-hybridized carbons (Fsp3) is 0.167. The molecule has 2 N–H and O–H groups in total. The van der Waals surface area contributed by atoms with E-state index >= 15 is 0 Å². The quantitative estimate of drug-likeness (QED) is 0.577. The van der Waals surface area contributed by atoms with E-state index in [0.717, 1.165) is 11.1 Å². The average Bonchev–Trinajstić information content (AvgIpc) is 3.27. The Balaban J connectivity index is 1.86. The maximum absolute atomic E-state index is 11.8. The van der Waals surface area contributed by atoms with Crippen LogP contribution < -0.4 is 10.6 Å². The van der Waals surface area contributed by atoms with Crippen molar-refractivity contribution in [3.8, 4) is 22.7 Å². The summed E-state index contributed by atoms with van der Waals surface area (Å²) in [5.41, 5.74) is 3.13. The maximum atomic E-state index is 11.8. The number of imidazole rings is 1. The zero-order chi connectivity index (χ0) is 18.8. The van der Waals surface area contributed by atoms with Crippen LogP contribution in [0.25, 0.3) is 28.4 Å². The Bertz CT molecular complexity index is 1100. The van der Waals surface area contributed by atoms with Crippen molar-refractivity contribution in [2.24, 2.45) is 0 Å². The molecule has 0 spiro atoms. The standard InChI is InChI=1S/C18H17N7O2/c1-3-20-18(26)23-15-10-25-14(17-21-11(2)24-27-17)7-13(8-16(25)22-15)12-5-4-6-19-9-12/h4-10H,3H2,1-2H3,(H2,20,23,26). The number of nitrogens with zero attached hydrogens (tertiary/aromatic N) is 5. The molecule has 4 aromatic heterocycles. The van der Waals surface area contributed by atoms with E-state index in [4.69, 9.17) is 4.52 Å². The second kappa shape index (κ2) is 6.87. The summed E-state index contributed by atoms with van der Waals surface area (Å²) in [7, 11) is 0. The first kappa shape index (κ1) is 16.7. The summed E-state index contributed by atoms with van der Waals surface area (Å²) in [5.74, 6) is 1.32. The van der Waals surface area contributed by atoms with Gasteiger partial charge in [0.25, 0.3) is 5.89 Å². The zero-order valence-electron chi connectivity index (χ0n) is 14.8. The number of amides is 2. The number of rotatable bonds is 4. The first-order valence-electron chi connectivity index (χ1n) is 8.43. The summed E-state index contributed by atoms with van der Waals surface area (Å²) in [5, 5.41) is 9.26. The lowest BCUT2D eigenvalue weighted by Gasteiger charge is -2.06. The van der Waals surface area contributed by atoms with Gasteiger partial charge in [0.1, 0.15) is 11.3 Å². The van der Waals surface area contributed by atoms with E-state index in [9.17, 15) is 4.79 Å². The maximum Gasteiger partial charge on any atom is 0.320 e. The van der Waals surface area contributed by atoms with Crippen LogP contribution in [0, 0.1) is 6.92 Å². The fourth-order valence-corrected chi connectivity index (χ4v) is 2.73. The fourth-order valence-electron chi connectivity index (χ4n) is 2.73. The number of aromatic nitrogens is 5. The first-order valence-corrected chi connectivity index (χ1v) is 8.43. The summed E-state index contributed by atoms with van der Waals surface area (Å²) < 4.78 is 7.15. The van der Waals surface area contributed by atoms with Crippen molar-refractivity contribution >= 4 is 17.5 Å². The Morgan fingerprint density at radius 1 is 1.26 bits per heavy atom. The van der Waals surface area contributed by atoms with Gasteiger partial charge >= 0.3 is 6.03 Å². The number of anilines is 1. The minimum absolute atomic E-state index is 0.316. The molecule has 0 atom stereocenters. The Kier molecular flexibility index (Phi) is 4.25. The highest BCUT2D eigenvalue weighted by Gasteiger charge is 2.16. The molecule has 27 heavy (non-hydrogen) atoms. The van der Waals surface area contributed by atoms with E-state index in [0.29, 0.717) is 35.4 Å². The van der Waals surface area contributed by atoms with Crippen LogP contribution in [-0.2, 0) is 0 Å². The Morgan fingerprint density at radius 2 is 2.15 bits per heavy atom. The van der Waals surface area contributed by atoms with E-state index in [1.165, 1.54) is 0 Å². The lowest BCUT2D eigenvalue weighted by Crippen LogP contribution is -2.28. The van der Waals surface area contributed by atoms with Gasteiger partial charge in [0, 0.05) is 24.5 Å². The molecule has 0 aliphatic carbocycles. The molecule has 0 aliphatic heterocycles. The van der Waals surface area contributed by atoms with E-state index in [1.54, 1.807) is 29.9 Å². The number of fused-ring (bicyclic) bond motifs is 1. The van der Waals surface area contributed by atoms with Crippen molar-refractivity contribution in [1.82, 2.24) is 29.8 Å².